The van der Waals surface area contributed by atoms with E-state index in [2.05, 4.69) is 67.2 Å². The lowest BCUT2D eigenvalue weighted by atomic mass is 10.1. The van der Waals surface area contributed by atoms with Crippen molar-refractivity contribution in [2.75, 3.05) is 55.9 Å². The molecule has 0 unspecified atom stereocenters. The van der Waals surface area contributed by atoms with Gasteiger partial charge in [0.05, 0.1) is 30.9 Å². The van der Waals surface area contributed by atoms with E-state index in [4.69, 9.17) is 9.72 Å². The van der Waals surface area contributed by atoms with Crippen molar-refractivity contribution in [2.45, 2.75) is 13.3 Å². The first-order valence-electron chi connectivity index (χ1n) is 14.7. The van der Waals surface area contributed by atoms with E-state index in [1.165, 1.54) is 7.11 Å². The van der Waals surface area contributed by atoms with Gasteiger partial charge in [0.1, 0.15) is 29.6 Å². The number of H-pyrrole nitrogens is 1. The number of aromatic amines is 1. The summed E-state index contributed by atoms with van der Waals surface area (Å²) in [6.45, 7) is 9.64. The lowest BCUT2D eigenvalue weighted by Crippen LogP contribution is -2.47. The molecule has 45 heavy (non-hydrogen) atoms. The van der Waals surface area contributed by atoms with Gasteiger partial charge in [0.15, 0.2) is 0 Å². The molecule has 2 aromatic heterocycles. The van der Waals surface area contributed by atoms with Crippen LogP contribution in [0.15, 0.2) is 85.5 Å². The summed E-state index contributed by atoms with van der Waals surface area (Å²) >= 11 is 0. The molecule has 3 N–H and O–H groups in total. The Kier molecular flexibility index (Phi) is 9.70. The molecule has 3 aromatic carbocycles. The van der Waals surface area contributed by atoms with Crippen molar-refractivity contribution in [3.05, 3.63) is 96.6 Å². The molecule has 1 aliphatic rings. The Balaban J connectivity index is 0.000000945. The van der Waals surface area contributed by atoms with E-state index >= 15 is 0 Å². The SMILES string of the molecule is C#COC.C=C(Nc1ccc(NC(=O)c2ccccc2)cc1)N1CCN(c2ncnc3[nH]c4cc(OC)c(CC)cc4c23)CC1. The van der Waals surface area contributed by atoms with Crippen LogP contribution in [0, 0.1) is 12.5 Å². The molecule has 0 aliphatic carbocycles. The Bertz CT molecular complexity index is 1820. The molecule has 0 atom stereocenters. The average molecular weight is 604 g/mol. The van der Waals surface area contributed by atoms with Gasteiger partial charge in [0.2, 0.25) is 0 Å². The third-order valence-electron chi connectivity index (χ3n) is 7.70. The minimum Gasteiger partial charge on any atom is -0.496 e. The summed E-state index contributed by atoms with van der Waals surface area (Å²) in [5.74, 6) is 2.53. The molecule has 0 saturated carbocycles. The quantitative estimate of drug-likeness (QED) is 0.189. The van der Waals surface area contributed by atoms with Gasteiger partial charge in [-0.05, 0) is 54.4 Å². The van der Waals surface area contributed by atoms with Crippen LogP contribution in [0.1, 0.15) is 22.8 Å². The van der Waals surface area contributed by atoms with Gasteiger partial charge in [0.25, 0.3) is 5.91 Å². The van der Waals surface area contributed by atoms with Gasteiger partial charge in [-0.15, -0.1) is 0 Å². The average Bonchev–Trinajstić information content (AvgIpc) is 3.46. The maximum absolute atomic E-state index is 12.4. The molecule has 1 aliphatic heterocycles. The molecule has 3 heterocycles. The number of nitrogens with one attached hydrogen (secondary N) is 3. The summed E-state index contributed by atoms with van der Waals surface area (Å²) < 4.78 is 9.67. The second-order valence-electron chi connectivity index (χ2n) is 10.4. The minimum absolute atomic E-state index is 0.132. The van der Waals surface area contributed by atoms with Crippen LogP contribution in [0.5, 0.6) is 5.75 Å². The van der Waals surface area contributed by atoms with Crippen molar-refractivity contribution in [3.8, 4) is 18.3 Å². The van der Waals surface area contributed by atoms with Crippen LogP contribution < -0.4 is 20.3 Å². The third kappa shape index (κ3) is 6.94. The molecule has 6 rings (SSSR count). The predicted molar refractivity (Wildman–Crippen MR) is 181 cm³/mol. The summed E-state index contributed by atoms with van der Waals surface area (Å²) in [6.07, 6.45) is 9.00. The summed E-state index contributed by atoms with van der Waals surface area (Å²) in [6, 6.07) is 21.1. The molecule has 5 aromatic rings. The first-order valence-corrected chi connectivity index (χ1v) is 14.7. The Hall–Kier alpha value is -5.69. The maximum atomic E-state index is 12.4. The van der Waals surface area contributed by atoms with E-state index in [0.29, 0.717) is 5.56 Å². The number of aromatic nitrogens is 3. The molecular formula is C35H37N7O3. The number of hydrogen-bond donors (Lipinski definition) is 3. The molecule has 10 heteroatoms. The molecule has 0 radical (unpaired) electrons. The van der Waals surface area contributed by atoms with Gasteiger partial charge in [-0.25, -0.2) is 9.97 Å². The van der Waals surface area contributed by atoms with Crippen molar-refractivity contribution >= 4 is 45.0 Å². The van der Waals surface area contributed by atoms with Crippen LogP contribution >= 0.6 is 0 Å². The number of rotatable bonds is 8. The van der Waals surface area contributed by atoms with Gasteiger partial charge in [-0.3, -0.25) is 4.79 Å². The van der Waals surface area contributed by atoms with Crippen LogP contribution in [0.25, 0.3) is 21.9 Å². The number of aryl methyl sites for hydroxylation is 1. The zero-order valence-electron chi connectivity index (χ0n) is 25.8. The first kappa shape index (κ1) is 30.8. The fraction of sp³-hybridized carbons (Fsp3) is 0.229. The topological polar surface area (TPSA) is 108 Å². The number of benzene rings is 3. The number of carbonyl (C=O) groups is 1. The summed E-state index contributed by atoms with van der Waals surface area (Å²) in [5, 5.41) is 8.50. The number of anilines is 3. The summed E-state index contributed by atoms with van der Waals surface area (Å²) in [7, 11) is 3.15. The highest BCUT2D eigenvalue weighted by molar-refractivity contribution is 6.11. The number of piperazine rings is 1. The van der Waals surface area contributed by atoms with E-state index in [9.17, 15) is 4.79 Å². The van der Waals surface area contributed by atoms with Crippen molar-refractivity contribution in [1.29, 1.82) is 0 Å². The molecule has 0 spiro atoms. The normalized spacial score (nSPS) is 12.6. The van der Waals surface area contributed by atoms with Crippen LogP contribution in [-0.4, -0.2) is 66.2 Å². The summed E-state index contributed by atoms with van der Waals surface area (Å²) in [4.78, 5) is 29.7. The van der Waals surface area contributed by atoms with Crippen LogP contribution in [0.2, 0.25) is 0 Å². The number of ether oxygens (including phenoxy) is 2. The lowest BCUT2D eigenvalue weighted by Gasteiger charge is -2.37. The second-order valence-corrected chi connectivity index (χ2v) is 10.4. The standard InChI is InChI=1S/C32H33N7O2.C3H4O/c1-4-22-18-26-27(19-28(22)41-3)37-30-29(26)31(34-20-33-30)39-16-14-38(15-17-39)21(2)35-24-10-12-25(13-11-24)36-32(40)23-8-6-5-7-9-23;1-3-4-2/h5-13,18-20,35H,2,4,14-17H2,1,3H3,(H,36,40)(H,33,34,37);1H,2H3. The van der Waals surface area contributed by atoms with E-state index in [-0.39, 0.29) is 5.91 Å². The maximum Gasteiger partial charge on any atom is 0.255 e. The molecule has 1 fully saturated rings. The summed E-state index contributed by atoms with van der Waals surface area (Å²) in [5.41, 5.74) is 5.26. The van der Waals surface area contributed by atoms with Crippen LogP contribution in [0.3, 0.4) is 0 Å². The number of nitrogens with zero attached hydrogens (tertiary/aromatic N) is 4. The molecule has 0 bridgehead atoms. The van der Waals surface area contributed by atoms with Gasteiger partial charge < -0.3 is 34.9 Å². The van der Waals surface area contributed by atoms with Crippen LogP contribution in [0.4, 0.5) is 17.2 Å². The first-order chi connectivity index (χ1) is 21.9. The number of amides is 1. The Morgan fingerprint density at radius 1 is 1.00 bits per heavy atom. The fourth-order valence-electron chi connectivity index (χ4n) is 5.35. The van der Waals surface area contributed by atoms with E-state index in [0.717, 1.165) is 88.9 Å². The highest BCUT2D eigenvalue weighted by Crippen LogP contribution is 2.35. The van der Waals surface area contributed by atoms with Crippen molar-refractivity contribution in [1.82, 2.24) is 19.9 Å². The largest absolute Gasteiger partial charge is 0.496 e. The van der Waals surface area contributed by atoms with E-state index in [1.54, 1.807) is 25.6 Å². The van der Waals surface area contributed by atoms with Crippen LogP contribution in [-0.2, 0) is 11.2 Å². The number of hydrogen-bond acceptors (Lipinski definition) is 8. The highest BCUT2D eigenvalue weighted by atomic mass is 16.5. The van der Waals surface area contributed by atoms with Crippen molar-refractivity contribution in [2.24, 2.45) is 0 Å². The number of fused-ring (bicyclic) bond motifs is 3. The molecular weight excluding hydrogens is 566 g/mol. The van der Waals surface area contributed by atoms with Gasteiger partial charge in [-0.1, -0.05) is 38.1 Å². The lowest BCUT2D eigenvalue weighted by molar-refractivity contribution is 0.102. The Labute approximate surface area is 263 Å². The number of carbonyl (C=O) groups excluding carboxylic acids is 1. The smallest absolute Gasteiger partial charge is 0.255 e. The zero-order valence-corrected chi connectivity index (χ0v) is 25.8. The van der Waals surface area contributed by atoms with Crippen molar-refractivity contribution in [3.63, 3.8) is 0 Å². The van der Waals surface area contributed by atoms with E-state index < -0.39 is 0 Å². The third-order valence-corrected chi connectivity index (χ3v) is 7.70. The highest BCUT2D eigenvalue weighted by Gasteiger charge is 2.23. The number of terminal acetylenes is 1. The van der Waals surface area contributed by atoms with Gasteiger partial charge >= 0.3 is 0 Å². The Morgan fingerprint density at radius 2 is 1.67 bits per heavy atom. The van der Waals surface area contributed by atoms with Gasteiger partial charge in [0, 0.05) is 54.6 Å². The minimum atomic E-state index is -0.132. The molecule has 230 valence electrons. The number of methoxy groups -OCH3 is 2. The Morgan fingerprint density at radius 3 is 2.29 bits per heavy atom. The van der Waals surface area contributed by atoms with E-state index in [1.807, 2.05) is 48.6 Å². The molecule has 10 nitrogen and oxygen atoms in total. The zero-order chi connectivity index (χ0) is 31.8. The molecule has 1 amide bonds. The monoisotopic (exact) mass is 603 g/mol. The molecule has 1 saturated heterocycles. The second kappa shape index (κ2) is 14.2. The van der Waals surface area contributed by atoms with Gasteiger partial charge in [-0.2, -0.15) is 0 Å². The van der Waals surface area contributed by atoms with Crippen molar-refractivity contribution < 1.29 is 14.3 Å². The predicted octanol–water partition coefficient (Wildman–Crippen LogP) is 5.86. The fourth-order valence-corrected chi connectivity index (χ4v) is 5.35.